The van der Waals surface area contributed by atoms with Crippen molar-refractivity contribution in [3.63, 3.8) is 0 Å². The predicted molar refractivity (Wildman–Crippen MR) is 65.2 cm³/mol. The zero-order valence-electron chi connectivity index (χ0n) is 9.87. The summed E-state index contributed by atoms with van der Waals surface area (Å²) in [6.45, 7) is 4.78. The second kappa shape index (κ2) is 6.62. The number of aryl methyl sites for hydroxylation is 1. The first-order chi connectivity index (χ1) is 7.31. The molecule has 0 aromatic heterocycles. The molecule has 1 aromatic carbocycles. The minimum absolute atomic E-state index is 0.287. The van der Waals surface area contributed by atoms with Gasteiger partial charge in [-0.3, -0.25) is 0 Å². The van der Waals surface area contributed by atoms with Gasteiger partial charge < -0.3 is 5.11 Å². The van der Waals surface area contributed by atoms with E-state index in [1.54, 1.807) is 0 Å². The molecule has 1 nitrogen and oxygen atoms in total. The molecule has 1 N–H and O–H groups in total. The monoisotopic (exact) mass is 206 g/mol. The van der Waals surface area contributed by atoms with E-state index in [2.05, 4.69) is 38.1 Å². The van der Waals surface area contributed by atoms with Crippen molar-refractivity contribution in [2.24, 2.45) is 0 Å². The molecule has 0 heterocycles. The summed E-state index contributed by atoms with van der Waals surface area (Å²) in [6, 6.07) is 8.81. The Bertz CT molecular complexity index is 276. The Hall–Kier alpha value is -0.820. The van der Waals surface area contributed by atoms with E-state index in [0.29, 0.717) is 5.92 Å². The van der Waals surface area contributed by atoms with Crippen molar-refractivity contribution in [1.29, 1.82) is 0 Å². The maximum atomic E-state index is 8.80. The Morgan fingerprint density at radius 2 is 1.93 bits per heavy atom. The van der Waals surface area contributed by atoms with Gasteiger partial charge in [-0.05, 0) is 42.7 Å². The summed E-state index contributed by atoms with van der Waals surface area (Å²) < 4.78 is 0. The van der Waals surface area contributed by atoms with Gasteiger partial charge in [0, 0.05) is 6.61 Å². The van der Waals surface area contributed by atoms with Crippen LogP contribution in [0.1, 0.15) is 50.2 Å². The highest BCUT2D eigenvalue weighted by Crippen LogP contribution is 2.23. The van der Waals surface area contributed by atoms with Crippen LogP contribution in [0.2, 0.25) is 0 Å². The summed E-state index contributed by atoms with van der Waals surface area (Å²) in [6.07, 6.45) is 4.27. The second-order valence-corrected chi connectivity index (χ2v) is 4.09. The van der Waals surface area contributed by atoms with Crippen molar-refractivity contribution in [3.8, 4) is 0 Å². The summed E-state index contributed by atoms with van der Waals surface area (Å²) in [5.41, 5.74) is 2.81. The van der Waals surface area contributed by atoms with Gasteiger partial charge in [-0.2, -0.15) is 0 Å². The summed E-state index contributed by atoms with van der Waals surface area (Å²) in [7, 11) is 0. The molecule has 0 saturated heterocycles. The van der Waals surface area contributed by atoms with Gasteiger partial charge in [-0.1, -0.05) is 38.1 Å². The Morgan fingerprint density at radius 3 is 2.53 bits per heavy atom. The Balaban J connectivity index is 2.72. The van der Waals surface area contributed by atoms with Gasteiger partial charge in [-0.25, -0.2) is 0 Å². The van der Waals surface area contributed by atoms with Gasteiger partial charge in [0.15, 0.2) is 0 Å². The van der Waals surface area contributed by atoms with Crippen LogP contribution in [0.15, 0.2) is 24.3 Å². The van der Waals surface area contributed by atoms with Gasteiger partial charge in [0.2, 0.25) is 0 Å². The van der Waals surface area contributed by atoms with Crippen molar-refractivity contribution in [1.82, 2.24) is 0 Å². The molecule has 1 rings (SSSR count). The summed E-state index contributed by atoms with van der Waals surface area (Å²) in [5.74, 6) is 0.694. The third-order valence-electron chi connectivity index (χ3n) is 3.03. The highest BCUT2D eigenvalue weighted by Gasteiger charge is 2.06. The molecule has 15 heavy (non-hydrogen) atoms. The molecule has 0 aliphatic heterocycles. The smallest absolute Gasteiger partial charge is 0.0434 e. The van der Waals surface area contributed by atoms with Gasteiger partial charge in [-0.15, -0.1) is 0 Å². The first-order valence-electron chi connectivity index (χ1n) is 6.01. The van der Waals surface area contributed by atoms with E-state index in [4.69, 9.17) is 5.11 Å². The molecular weight excluding hydrogens is 184 g/mol. The van der Waals surface area contributed by atoms with E-state index in [1.165, 1.54) is 24.0 Å². The lowest BCUT2D eigenvalue weighted by Crippen LogP contribution is -1.97. The lowest BCUT2D eigenvalue weighted by Gasteiger charge is -2.13. The summed E-state index contributed by atoms with van der Waals surface area (Å²) in [4.78, 5) is 0. The highest BCUT2D eigenvalue weighted by molar-refractivity contribution is 5.26. The molecule has 0 aliphatic rings. The zero-order chi connectivity index (χ0) is 11.1. The van der Waals surface area contributed by atoms with Crippen LogP contribution < -0.4 is 0 Å². The van der Waals surface area contributed by atoms with Gasteiger partial charge in [0.25, 0.3) is 0 Å². The topological polar surface area (TPSA) is 20.2 Å². The second-order valence-electron chi connectivity index (χ2n) is 4.09. The van der Waals surface area contributed by atoms with Crippen LogP contribution in [0.25, 0.3) is 0 Å². The molecule has 0 fully saturated rings. The third-order valence-corrected chi connectivity index (χ3v) is 3.03. The van der Waals surface area contributed by atoms with E-state index in [9.17, 15) is 0 Å². The molecular formula is C14H22O. The lowest BCUT2D eigenvalue weighted by molar-refractivity contribution is 0.288. The standard InChI is InChI=1S/C14H22O/c1-3-13(4-2)14-9-5-7-12(11-14)8-6-10-15/h5,7,9,11,13,15H,3-4,6,8,10H2,1-2H3. The van der Waals surface area contributed by atoms with Gasteiger partial charge in [0.1, 0.15) is 0 Å². The molecule has 0 saturated carbocycles. The average molecular weight is 206 g/mol. The van der Waals surface area contributed by atoms with Crippen LogP contribution in [0.4, 0.5) is 0 Å². The predicted octanol–water partition coefficient (Wildman–Crippen LogP) is 3.52. The van der Waals surface area contributed by atoms with Crippen LogP contribution in [-0.4, -0.2) is 11.7 Å². The highest BCUT2D eigenvalue weighted by atomic mass is 16.2. The third kappa shape index (κ3) is 3.67. The van der Waals surface area contributed by atoms with Crippen molar-refractivity contribution in [2.45, 2.75) is 45.4 Å². The molecule has 0 aliphatic carbocycles. The minimum atomic E-state index is 0.287. The molecule has 1 aromatic rings. The van der Waals surface area contributed by atoms with Crippen molar-refractivity contribution in [3.05, 3.63) is 35.4 Å². The average Bonchev–Trinajstić information content (AvgIpc) is 2.29. The Kier molecular flexibility index (Phi) is 5.41. The molecule has 0 unspecified atom stereocenters. The molecule has 0 bridgehead atoms. The fourth-order valence-corrected chi connectivity index (χ4v) is 2.05. The van der Waals surface area contributed by atoms with Crippen LogP contribution >= 0.6 is 0 Å². The number of aliphatic hydroxyl groups is 1. The minimum Gasteiger partial charge on any atom is -0.396 e. The van der Waals surface area contributed by atoms with E-state index < -0.39 is 0 Å². The Morgan fingerprint density at radius 1 is 1.20 bits per heavy atom. The fourth-order valence-electron chi connectivity index (χ4n) is 2.05. The van der Waals surface area contributed by atoms with Gasteiger partial charge in [0.05, 0.1) is 0 Å². The molecule has 0 amide bonds. The van der Waals surface area contributed by atoms with Crippen molar-refractivity contribution >= 4 is 0 Å². The molecule has 0 radical (unpaired) electrons. The molecule has 0 atom stereocenters. The number of aliphatic hydroxyl groups excluding tert-OH is 1. The summed E-state index contributed by atoms with van der Waals surface area (Å²) >= 11 is 0. The van der Waals surface area contributed by atoms with E-state index in [-0.39, 0.29) is 6.61 Å². The summed E-state index contributed by atoms with van der Waals surface area (Å²) in [5, 5.41) is 8.80. The van der Waals surface area contributed by atoms with Crippen molar-refractivity contribution in [2.75, 3.05) is 6.61 Å². The van der Waals surface area contributed by atoms with E-state index in [1.807, 2.05) is 0 Å². The fraction of sp³-hybridized carbons (Fsp3) is 0.571. The van der Waals surface area contributed by atoms with Gasteiger partial charge >= 0.3 is 0 Å². The van der Waals surface area contributed by atoms with Crippen LogP contribution in [0.5, 0.6) is 0 Å². The normalized spacial score (nSPS) is 10.9. The van der Waals surface area contributed by atoms with Crippen molar-refractivity contribution < 1.29 is 5.11 Å². The molecule has 0 spiro atoms. The zero-order valence-corrected chi connectivity index (χ0v) is 9.87. The number of hydrogen-bond acceptors (Lipinski definition) is 1. The lowest BCUT2D eigenvalue weighted by atomic mass is 9.92. The molecule has 1 heteroatoms. The number of hydrogen-bond donors (Lipinski definition) is 1. The number of benzene rings is 1. The largest absolute Gasteiger partial charge is 0.396 e. The quantitative estimate of drug-likeness (QED) is 0.755. The van der Waals surface area contributed by atoms with Crippen LogP contribution in [0.3, 0.4) is 0 Å². The Labute approximate surface area is 93.1 Å². The first kappa shape index (κ1) is 12.3. The van der Waals surface area contributed by atoms with E-state index in [0.717, 1.165) is 12.8 Å². The van der Waals surface area contributed by atoms with E-state index >= 15 is 0 Å². The SMILES string of the molecule is CCC(CC)c1cccc(CCCO)c1. The molecule has 84 valence electrons. The maximum Gasteiger partial charge on any atom is 0.0434 e. The maximum absolute atomic E-state index is 8.80. The van der Waals surface area contributed by atoms with Crippen LogP contribution in [-0.2, 0) is 6.42 Å². The first-order valence-corrected chi connectivity index (χ1v) is 6.01. The van der Waals surface area contributed by atoms with Crippen LogP contribution in [0, 0.1) is 0 Å². The number of rotatable bonds is 6.